The first-order valence-electron chi connectivity index (χ1n) is 10.6. The molecular formula is C26H24N4O4. The number of rotatable bonds is 9. The van der Waals surface area contributed by atoms with Crippen LogP contribution < -0.4 is 24.8 Å². The molecule has 0 saturated heterocycles. The minimum Gasteiger partial charge on any atom is -0.481 e. The van der Waals surface area contributed by atoms with Gasteiger partial charge in [-0.25, -0.2) is 0 Å². The lowest BCUT2D eigenvalue weighted by atomic mass is 10.1. The number of aromatic nitrogens is 2. The zero-order chi connectivity index (χ0) is 23.8. The Balaban J connectivity index is 1.50. The van der Waals surface area contributed by atoms with Crippen molar-refractivity contribution in [1.29, 1.82) is 0 Å². The van der Waals surface area contributed by atoms with Gasteiger partial charge in [-0.15, -0.1) is 0 Å². The van der Waals surface area contributed by atoms with Gasteiger partial charge < -0.3 is 24.8 Å². The van der Waals surface area contributed by atoms with E-state index in [-0.39, 0.29) is 11.9 Å². The highest BCUT2D eigenvalue weighted by molar-refractivity contribution is 6.05. The molecule has 0 aliphatic heterocycles. The van der Waals surface area contributed by atoms with Gasteiger partial charge in [0, 0.05) is 17.7 Å². The quantitative estimate of drug-likeness (QED) is 0.360. The summed E-state index contributed by atoms with van der Waals surface area (Å²) < 4.78 is 16.3. The van der Waals surface area contributed by atoms with Gasteiger partial charge in [0.15, 0.2) is 0 Å². The standard InChI is InChI=1S/C26H24N4O4/c1-32-23-16-24(33-2)30-26(29-23)34-22-15-9-6-12-19(22)17-27-20-13-7-8-14-21(20)28-25(31)18-10-4-3-5-11-18/h3-16,27H,17H2,1-2H3,(H,28,31). The fourth-order valence-electron chi connectivity index (χ4n) is 3.21. The van der Waals surface area contributed by atoms with E-state index in [4.69, 9.17) is 14.2 Å². The normalized spacial score (nSPS) is 10.3. The van der Waals surface area contributed by atoms with Crippen molar-refractivity contribution in [2.45, 2.75) is 6.54 Å². The number of ether oxygens (including phenoxy) is 3. The Morgan fingerprint density at radius 3 is 2.12 bits per heavy atom. The number of benzene rings is 3. The van der Waals surface area contributed by atoms with Gasteiger partial charge in [0.25, 0.3) is 5.91 Å². The second kappa shape index (κ2) is 10.8. The van der Waals surface area contributed by atoms with Crippen molar-refractivity contribution in [3.05, 3.63) is 96.1 Å². The predicted molar refractivity (Wildman–Crippen MR) is 130 cm³/mol. The average molecular weight is 457 g/mol. The van der Waals surface area contributed by atoms with Crippen LogP contribution in [0.2, 0.25) is 0 Å². The lowest BCUT2D eigenvalue weighted by Gasteiger charge is -2.15. The van der Waals surface area contributed by atoms with Gasteiger partial charge in [-0.2, -0.15) is 9.97 Å². The van der Waals surface area contributed by atoms with Gasteiger partial charge in [0.2, 0.25) is 11.8 Å². The SMILES string of the molecule is COc1cc(OC)nc(Oc2ccccc2CNc2ccccc2NC(=O)c2ccccc2)n1. The summed E-state index contributed by atoms with van der Waals surface area (Å²) in [6, 6.07) is 25.8. The van der Waals surface area contributed by atoms with E-state index in [1.54, 1.807) is 18.2 Å². The van der Waals surface area contributed by atoms with Crippen LogP contribution in [-0.2, 0) is 6.54 Å². The van der Waals surface area contributed by atoms with Crippen molar-refractivity contribution < 1.29 is 19.0 Å². The molecule has 0 radical (unpaired) electrons. The lowest BCUT2D eigenvalue weighted by Crippen LogP contribution is -2.13. The highest BCUT2D eigenvalue weighted by atomic mass is 16.5. The van der Waals surface area contributed by atoms with E-state index in [0.29, 0.717) is 35.3 Å². The monoisotopic (exact) mass is 456 g/mol. The number of anilines is 2. The summed E-state index contributed by atoms with van der Waals surface area (Å²) in [7, 11) is 3.02. The van der Waals surface area contributed by atoms with Crippen LogP contribution >= 0.6 is 0 Å². The Labute approximate surface area is 197 Å². The molecule has 8 heteroatoms. The molecule has 1 aromatic heterocycles. The molecule has 34 heavy (non-hydrogen) atoms. The second-order valence-corrected chi connectivity index (χ2v) is 7.16. The van der Waals surface area contributed by atoms with Crippen LogP contribution in [0.15, 0.2) is 84.9 Å². The van der Waals surface area contributed by atoms with Crippen molar-refractivity contribution in [3.63, 3.8) is 0 Å². The summed E-state index contributed by atoms with van der Waals surface area (Å²) >= 11 is 0. The van der Waals surface area contributed by atoms with Crippen molar-refractivity contribution >= 4 is 17.3 Å². The van der Waals surface area contributed by atoms with Crippen LogP contribution in [0.1, 0.15) is 15.9 Å². The molecular weight excluding hydrogens is 432 g/mol. The maximum Gasteiger partial charge on any atom is 0.328 e. The third-order valence-electron chi connectivity index (χ3n) is 4.93. The topological polar surface area (TPSA) is 94.6 Å². The number of nitrogens with one attached hydrogen (secondary N) is 2. The molecule has 4 aromatic rings. The van der Waals surface area contributed by atoms with Gasteiger partial charge in [-0.3, -0.25) is 4.79 Å². The van der Waals surface area contributed by atoms with E-state index in [1.807, 2.05) is 66.7 Å². The van der Waals surface area contributed by atoms with E-state index < -0.39 is 0 Å². The van der Waals surface area contributed by atoms with E-state index in [0.717, 1.165) is 11.3 Å². The molecule has 2 N–H and O–H groups in total. The Kier molecular flexibility index (Phi) is 7.19. The Hall–Kier alpha value is -4.59. The van der Waals surface area contributed by atoms with Crippen molar-refractivity contribution in [2.24, 2.45) is 0 Å². The molecule has 0 fully saturated rings. The van der Waals surface area contributed by atoms with E-state index in [2.05, 4.69) is 20.6 Å². The first kappa shape index (κ1) is 22.6. The first-order valence-corrected chi connectivity index (χ1v) is 10.6. The fraction of sp³-hybridized carbons (Fsp3) is 0.115. The third kappa shape index (κ3) is 5.60. The number of methoxy groups -OCH3 is 2. The van der Waals surface area contributed by atoms with Crippen LogP contribution in [0.3, 0.4) is 0 Å². The number of amides is 1. The Bertz CT molecular complexity index is 1240. The van der Waals surface area contributed by atoms with Crippen molar-refractivity contribution in [3.8, 4) is 23.5 Å². The number of hydrogen-bond acceptors (Lipinski definition) is 7. The van der Waals surface area contributed by atoms with E-state index in [9.17, 15) is 4.79 Å². The number of carbonyl (C=O) groups is 1. The summed E-state index contributed by atoms with van der Waals surface area (Å²) in [6.07, 6.45) is 0. The molecule has 172 valence electrons. The average Bonchev–Trinajstić information content (AvgIpc) is 2.89. The summed E-state index contributed by atoms with van der Waals surface area (Å²) in [4.78, 5) is 21.1. The highest BCUT2D eigenvalue weighted by Gasteiger charge is 2.12. The maximum absolute atomic E-state index is 12.6. The molecule has 8 nitrogen and oxygen atoms in total. The summed E-state index contributed by atoms with van der Waals surface area (Å²) in [5, 5.41) is 6.34. The van der Waals surface area contributed by atoms with Crippen LogP contribution in [0, 0.1) is 0 Å². The summed E-state index contributed by atoms with van der Waals surface area (Å²) in [5.41, 5.74) is 2.92. The largest absolute Gasteiger partial charge is 0.481 e. The minimum absolute atomic E-state index is 0.110. The van der Waals surface area contributed by atoms with Gasteiger partial charge >= 0.3 is 6.01 Å². The number of nitrogens with zero attached hydrogens (tertiary/aromatic N) is 2. The first-order chi connectivity index (χ1) is 16.7. The minimum atomic E-state index is -0.178. The second-order valence-electron chi connectivity index (χ2n) is 7.16. The summed E-state index contributed by atoms with van der Waals surface area (Å²) in [6.45, 7) is 0.440. The van der Waals surface area contributed by atoms with Gasteiger partial charge in [-0.05, 0) is 30.3 Å². The van der Waals surface area contributed by atoms with Gasteiger partial charge in [0.05, 0.1) is 31.7 Å². The van der Waals surface area contributed by atoms with Crippen molar-refractivity contribution in [1.82, 2.24) is 9.97 Å². The lowest BCUT2D eigenvalue weighted by molar-refractivity contribution is 0.102. The number of carbonyl (C=O) groups excluding carboxylic acids is 1. The molecule has 1 amide bonds. The van der Waals surface area contributed by atoms with Crippen molar-refractivity contribution in [2.75, 3.05) is 24.9 Å². The fourth-order valence-corrected chi connectivity index (χ4v) is 3.21. The van der Waals surface area contributed by atoms with Crippen LogP contribution in [0.4, 0.5) is 11.4 Å². The molecule has 0 unspecified atom stereocenters. The van der Waals surface area contributed by atoms with Crippen LogP contribution in [-0.4, -0.2) is 30.1 Å². The molecule has 4 rings (SSSR count). The molecule has 0 saturated carbocycles. The smallest absolute Gasteiger partial charge is 0.328 e. The number of para-hydroxylation sites is 3. The Morgan fingerprint density at radius 1 is 0.794 bits per heavy atom. The third-order valence-corrected chi connectivity index (χ3v) is 4.93. The molecule has 1 heterocycles. The Morgan fingerprint density at radius 2 is 1.41 bits per heavy atom. The van der Waals surface area contributed by atoms with Crippen LogP contribution in [0.5, 0.6) is 23.5 Å². The zero-order valence-corrected chi connectivity index (χ0v) is 18.8. The van der Waals surface area contributed by atoms with E-state index in [1.165, 1.54) is 14.2 Å². The molecule has 0 aliphatic carbocycles. The number of hydrogen-bond donors (Lipinski definition) is 2. The maximum atomic E-state index is 12.6. The summed E-state index contributed by atoms with van der Waals surface area (Å²) in [5.74, 6) is 1.07. The van der Waals surface area contributed by atoms with Crippen LogP contribution in [0.25, 0.3) is 0 Å². The highest BCUT2D eigenvalue weighted by Crippen LogP contribution is 2.28. The van der Waals surface area contributed by atoms with E-state index >= 15 is 0 Å². The molecule has 0 bridgehead atoms. The predicted octanol–water partition coefficient (Wildman–Crippen LogP) is 5.15. The molecule has 0 spiro atoms. The van der Waals surface area contributed by atoms with Gasteiger partial charge in [-0.1, -0.05) is 48.5 Å². The molecule has 3 aromatic carbocycles. The molecule has 0 atom stereocenters. The van der Waals surface area contributed by atoms with Gasteiger partial charge in [0.1, 0.15) is 5.75 Å². The zero-order valence-electron chi connectivity index (χ0n) is 18.8. The molecule has 0 aliphatic rings.